The van der Waals surface area contributed by atoms with Gasteiger partial charge in [-0.25, -0.2) is 0 Å². The summed E-state index contributed by atoms with van der Waals surface area (Å²) in [7, 11) is 0. The van der Waals surface area contributed by atoms with Gasteiger partial charge in [0.1, 0.15) is 0 Å². The molecule has 118 valence electrons. The van der Waals surface area contributed by atoms with Gasteiger partial charge >= 0.3 is 26.2 Å². The number of allylic oxidation sites excluding steroid dienone is 8. The van der Waals surface area contributed by atoms with Crippen molar-refractivity contribution in [3.63, 3.8) is 0 Å². The molecule has 0 unspecified atom stereocenters. The molecule has 0 bridgehead atoms. The molecule has 0 saturated carbocycles. The molecule has 0 aliphatic heterocycles. The maximum Gasteiger partial charge on any atom is 2.00 e. The Bertz CT molecular complexity index is 401. The first-order valence-electron chi connectivity index (χ1n) is 6.91. The minimum Gasteiger partial charge on any atom is -1.00 e. The molecule has 0 aromatic rings. The van der Waals surface area contributed by atoms with E-state index in [-0.39, 0.29) is 51.0 Å². The van der Waals surface area contributed by atoms with Gasteiger partial charge in [-0.05, 0) is 90.5 Å². The van der Waals surface area contributed by atoms with Crippen molar-refractivity contribution in [3.8, 4) is 0 Å². The molecule has 0 atom stereocenters. The second-order valence-electron chi connectivity index (χ2n) is 5.97. The molecule has 21 heavy (non-hydrogen) atoms. The maximum absolute atomic E-state index is 2.22. The van der Waals surface area contributed by atoms with Gasteiger partial charge in [0, 0.05) is 0 Å². The van der Waals surface area contributed by atoms with Crippen LogP contribution in [0.15, 0.2) is 44.6 Å². The van der Waals surface area contributed by atoms with Gasteiger partial charge in [-0.1, -0.05) is 22.3 Å². The molecule has 3 heteroatoms. The zero-order valence-electron chi connectivity index (χ0n) is 14.7. The molecular formula is C18H28Cl2Zr. The third-order valence-corrected chi connectivity index (χ3v) is 4.75. The number of rotatable bonds is 0. The Kier molecular flexibility index (Phi) is 13.8. The van der Waals surface area contributed by atoms with Gasteiger partial charge in [0.15, 0.2) is 0 Å². The van der Waals surface area contributed by atoms with Crippen molar-refractivity contribution >= 4 is 0 Å². The third-order valence-electron chi connectivity index (χ3n) is 4.75. The first-order chi connectivity index (χ1) is 8.25. The number of halogens is 2. The van der Waals surface area contributed by atoms with Crippen LogP contribution in [0, 0.1) is 0 Å². The zero-order chi connectivity index (χ0) is 14.0. The second-order valence-corrected chi connectivity index (χ2v) is 5.97. The summed E-state index contributed by atoms with van der Waals surface area (Å²) in [5, 5.41) is 0. The molecule has 0 aromatic carbocycles. The van der Waals surface area contributed by atoms with Gasteiger partial charge in [0.2, 0.25) is 0 Å². The fraction of sp³-hybridized carbons (Fsp3) is 0.556. The smallest absolute Gasteiger partial charge is 1.00 e. The van der Waals surface area contributed by atoms with Crippen molar-refractivity contribution in [2.45, 2.75) is 68.2 Å². The first-order valence-corrected chi connectivity index (χ1v) is 6.91. The zero-order valence-corrected chi connectivity index (χ0v) is 18.6. The predicted octanol–water partition coefficient (Wildman–Crippen LogP) is 0.131. The fourth-order valence-corrected chi connectivity index (χ4v) is 2.61. The Morgan fingerprint density at radius 1 is 0.429 bits per heavy atom. The molecule has 0 nitrogen and oxygen atoms in total. The van der Waals surface area contributed by atoms with E-state index in [1.54, 1.807) is 22.3 Å². The molecule has 0 aromatic heterocycles. The molecule has 0 saturated heterocycles. The van der Waals surface area contributed by atoms with Crippen molar-refractivity contribution in [2.75, 3.05) is 0 Å². The summed E-state index contributed by atoms with van der Waals surface area (Å²) < 4.78 is 0. The number of hydrogen-bond donors (Lipinski definition) is 0. The molecular weight excluding hydrogens is 378 g/mol. The summed E-state index contributed by atoms with van der Waals surface area (Å²) in [5.41, 5.74) is 12.2. The average molecular weight is 407 g/mol. The minimum atomic E-state index is 0. The molecule has 0 N–H and O–H groups in total. The van der Waals surface area contributed by atoms with E-state index in [0.717, 1.165) is 0 Å². The third kappa shape index (κ3) is 6.59. The summed E-state index contributed by atoms with van der Waals surface area (Å²) in [5.74, 6) is 0. The van der Waals surface area contributed by atoms with Gasteiger partial charge in [-0.2, -0.15) is 0 Å². The van der Waals surface area contributed by atoms with E-state index in [2.05, 4.69) is 55.4 Å². The van der Waals surface area contributed by atoms with Crippen molar-refractivity contribution in [1.82, 2.24) is 0 Å². The van der Waals surface area contributed by atoms with Crippen LogP contribution in [-0.2, 0) is 26.2 Å². The van der Waals surface area contributed by atoms with E-state index < -0.39 is 0 Å². The largest absolute Gasteiger partial charge is 2.00 e. The monoisotopic (exact) mass is 404 g/mol. The van der Waals surface area contributed by atoms with E-state index in [1.807, 2.05) is 0 Å². The molecule has 0 amide bonds. The summed E-state index contributed by atoms with van der Waals surface area (Å²) >= 11 is 0. The van der Waals surface area contributed by atoms with E-state index >= 15 is 0 Å². The molecule has 0 heterocycles. The normalized spacial score (nSPS) is 17.1. The molecule has 0 fully saturated rings. The SMILES string of the molecule is CC1=C(C)C(C)=C(C)C1.CC1=C(C)C(C)=C(C)C1.[Cl-].[Cl-].[Zr+2]. The molecule has 0 radical (unpaired) electrons. The fourth-order valence-electron chi connectivity index (χ4n) is 2.61. The Hall–Kier alpha value is 0.423. The number of hydrogen-bond acceptors (Lipinski definition) is 0. The molecule has 2 rings (SSSR count). The van der Waals surface area contributed by atoms with E-state index in [1.165, 1.54) is 35.1 Å². The van der Waals surface area contributed by atoms with Crippen LogP contribution >= 0.6 is 0 Å². The van der Waals surface area contributed by atoms with Gasteiger partial charge in [0.25, 0.3) is 0 Å². The van der Waals surface area contributed by atoms with Crippen LogP contribution in [0.3, 0.4) is 0 Å². The summed E-state index contributed by atoms with van der Waals surface area (Å²) in [4.78, 5) is 0. The van der Waals surface area contributed by atoms with Crippen LogP contribution in [0.25, 0.3) is 0 Å². The van der Waals surface area contributed by atoms with Crippen LogP contribution in [0.2, 0.25) is 0 Å². The molecule has 2 aliphatic carbocycles. The molecule has 0 spiro atoms. The van der Waals surface area contributed by atoms with Crippen LogP contribution < -0.4 is 24.8 Å². The summed E-state index contributed by atoms with van der Waals surface area (Å²) in [6.07, 6.45) is 2.41. The van der Waals surface area contributed by atoms with E-state index in [9.17, 15) is 0 Å². The topological polar surface area (TPSA) is 0 Å². The summed E-state index contributed by atoms with van der Waals surface area (Å²) in [6.45, 7) is 17.7. The van der Waals surface area contributed by atoms with E-state index in [4.69, 9.17) is 0 Å². The Labute approximate surface area is 163 Å². The van der Waals surface area contributed by atoms with Crippen molar-refractivity contribution in [3.05, 3.63) is 44.6 Å². The van der Waals surface area contributed by atoms with Crippen molar-refractivity contribution in [2.24, 2.45) is 0 Å². The Morgan fingerprint density at radius 3 is 0.619 bits per heavy atom. The van der Waals surface area contributed by atoms with Crippen LogP contribution in [0.4, 0.5) is 0 Å². The Morgan fingerprint density at radius 2 is 0.571 bits per heavy atom. The van der Waals surface area contributed by atoms with Gasteiger partial charge in [-0.15, -0.1) is 0 Å². The van der Waals surface area contributed by atoms with E-state index in [0.29, 0.717) is 0 Å². The van der Waals surface area contributed by atoms with Crippen molar-refractivity contribution < 1.29 is 51.0 Å². The Balaban J connectivity index is -0.000000270. The van der Waals surface area contributed by atoms with Crippen LogP contribution in [0.5, 0.6) is 0 Å². The van der Waals surface area contributed by atoms with Gasteiger partial charge in [-0.3, -0.25) is 0 Å². The molecule has 2 aliphatic rings. The summed E-state index contributed by atoms with van der Waals surface area (Å²) in [6, 6.07) is 0. The maximum atomic E-state index is 2.22. The first kappa shape index (κ1) is 26.3. The van der Waals surface area contributed by atoms with Crippen molar-refractivity contribution in [1.29, 1.82) is 0 Å². The van der Waals surface area contributed by atoms with Gasteiger partial charge < -0.3 is 24.8 Å². The second kappa shape index (κ2) is 11.0. The quantitative estimate of drug-likeness (QED) is 0.537. The minimum absolute atomic E-state index is 0. The van der Waals surface area contributed by atoms with Crippen LogP contribution in [0.1, 0.15) is 68.2 Å². The average Bonchev–Trinajstić information content (AvgIpc) is 2.66. The predicted molar refractivity (Wildman–Crippen MR) is 82.7 cm³/mol. The van der Waals surface area contributed by atoms with Gasteiger partial charge in [0.05, 0.1) is 0 Å². The van der Waals surface area contributed by atoms with Crippen LogP contribution in [-0.4, -0.2) is 0 Å². The standard InChI is InChI=1S/2C9H14.2ClH.Zr/c2*1-6-5-7(2)9(4)8(6)3;;;/h2*5H2,1-4H3;2*1H;/q;;;;+2/p-2.